The van der Waals surface area contributed by atoms with Gasteiger partial charge in [0.05, 0.1) is 0 Å². The van der Waals surface area contributed by atoms with Crippen molar-refractivity contribution in [3.63, 3.8) is 0 Å². The first-order chi connectivity index (χ1) is 18.7. The minimum absolute atomic E-state index is 0.324. The SMILES string of the molecule is Cc1cc(-c2c3ccccc3cc3sc(C)c(C)c23)cc(C)c1O[C@H](Cc1ccccc1)C(=O)NCC(=O)O. The number of hydrogen-bond acceptors (Lipinski definition) is 4. The zero-order valence-corrected chi connectivity index (χ0v) is 23.3. The molecule has 0 aliphatic carbocycles. The molecule has 1 atom stereocenters. The van der Waals surface area contributed by atoms with Crippen LogP contribution >= 0.6 is 11.3 Å². The third kappa shape index (κ3) is 5.38. The molecule has 5 rings (SSSR count). The Balaban J connectivity index is 1.58. The summed E-state index contributed by atoms with van der Waals surface area (Å²) in [5, 5.41) is 15.2. The van der Waals surface area contributed by atoms with Gasteiger partial charge in [-0.15, -0.1) is 11.3 Å². The third-order valence-corrected chi connectivity index (χ3v) is 8.31. The molecule has 5 nitrogen and oxygen atoms in total. The lowest BCUT2D eigenvalue weighted by Crippen LogP contribution is -2.42. The number of aliphatic carboxylic acids is 1. The van der Waals surface area contributed by atoms with Gasteiger partial charge >= 0.3 is 5.97 Å². The van der Waals surface area contributed by atoms with Crippen molar-refractivity contribution in [1.29, 1.82) is 0 Å². The van der Waals surface area contributed by atoms with Gasteiger partial charge in [-0.1, -0.05) is 54.6 Å². The largest absolute Gasteiger partial charge is 0.480 e. The van der Waals surface area contributed by atoms with Crippen molar-refractivity contribution in [2.24, 2.45) is 0 Å². The van der Waals surface area contributed by atoms with Gasteiger partial charge in [-0.2, -0.15) is 0 Å². The Morgan fingerprint density at radius 3 is 2.28 bits per heavy atom. The lowest BCUT2D eigenvalue weighted by atomic mass is 9.91. The fraction of sp³-hybridized carbons (Fsp3) is 0.212. The van der Waals surface area contributed by atoms with Gasteiger partial charge < -0.3 is 15.2 Å². The molecule has 0 saturated carbocycles. The van der Waals surface area contributed by atoms with Gasteiger partial charge in [-0.3, -0.25) is 9.59 Å². The van der Waals surface area contributed by atoms with E-state index in [-0.39, 0.29) is 0 Å². The van der Waals surface area contributed by atoms with Crippen LogP contribution in [0, 0.1) is 27.7 Å². The number of amides is 1. The highest BCUT2D eigenvalue weighted by Gasteiger charge is 2.24. The maximum absolute atomic E-state index is 13.0. The van der Waals surface area contributed by atoms with E-state index in [9.17, 15) is 9.59 Å². The first-order valence-electron chi connectivity index (χ1n) is 13.0. The normalized spacial score (nSPS) is 12.0. The quantitative estimate of drug-likeness (QED) is 0.220. The summed E-state index contributed by atoms with van der Waals surface area (Å²) < 4.78 is 7.64. The van der Waals surface area contributed by atoms with Crippen molar-refractivity contribution in [2.75, 3.05) is 6.54 Å². The second-order valence-electron chi connectivity index (χ2n) is 9.98. The Morgan fingerprint density at radius 2 is 1.59 bits per heavy atom. The highest BCUT2D eigenvalue weighted by molar-refractivity contribution is 7.19. The minimum atomic E-state index is -1.10. The van der Waals surface area contributed by atoms with Gasteiger partial charge in [-0.05, 0) is 90.0 Å². The third-order valence-electron chi connectivity index (χ3n) is 7.16. The minimum Gasteiger partial charge on any atom is -0.480 e. The van der Waals surface area contributed by atoms with E-state index in [4.69, 9.17) is 9.84 Å². The number of benzene rings is 4. The molecule has 39 heavy (non-hydrogen) atoms. The number of aryl methyl sites for hydroxylation is 4. The number of rotatable bonds is 8. The van der Waals surface area contributed by atoms with E-state index in [0.717, 1.165) is 22.3 Å². The van der Waals surface area contributed by atoms with Crippen molar-refractivity contribution in [3.8, 4) is 16.9 Å². The predicted octanol–water partition coefficient (Wildman–Crippen LogP) is 7.15. The molecule has 0 radical (unpaired) electrons. The standard InChI is InChI=1S/C33H31NO4S/c1-19-14-25(31-26-13-9-8-12-24(26)17-28-30(31)21(3)22(4)39-28)15-20(2)32(19)38-27(33(37)34-18-29(35)36)16-23-10-6-5-7-11-23/h5-15,17,27H,16,18H2,1-4H3,(H,34,37)(H,35,36)/t27-/m1/s1. The molecule has 4 aromatic carbocycles. The molecule has 0 spiro atoms. The molecule has 5 aromatic rings. The molecular weight excluding hydrogens is 506 g/mol. The molecule has 0 fully saturated rings. The van der Waals surface area contributed by atoms with Crippen LogP contribution in [0.1, 0.15) is 27.1 Å². The molecular formula is C33H31NO4S. The van der Waals surface area contributed by atoms with E-state index < -0.39 is 24.5 Å². The number of nitrogens with one attached hydrogen (secondary N) is 1. The monoisotopic (exact) mass is 537 g/mol. The van der Waals surface area contributed by atoms with Crippen molar-refractivity contribution >= 4 is 44.1 Å². The van der Waals surface area contributed by atoms with Gasteiger partial charge in [0.25, 0.3) is 5.91 Å². The molecule has 198 valence electrons. The van der Waals surface area contributed by atoms with Gasteiger partial charge in [0.1, 0.15) is 12.3 Å². The molecule has 0 aliphatic heterocycles. The second-order valence-corrected chi connectivity index (χ2v) is 11.2. The van der Waals surface area contributed by atoms with Crippen LogP contribution in [0.5, 0.6) is 5.75 Å². The first-order valence-corrected chi connectivity index (χ1v) is 13.8. The van der Waals surface area contributed by atoms with E-state index in [1.54, 1.807) is 0 Å². The van der Waals surface area contributed by atoms with Crippen LogP contribution in [-0.4, -0.2) is 29.6 Å². The van der Waals surface area contributed by atoms with Crippen molar-refractivity contribution < 1.29 is 19.4 Å². The Morgan fingerprint density at radius 1 is 0.923 bits per heavy atom. The first kappa shape index (κ1) is 26.4. The summed E-state index contributed by atoms with van der Waals surface area (Å²) in [6.45, 7) is 7.89. The molecule has 1 amide bonds. The zero-order chi connectivity index (χ0) is 27.7. The molecule has 0 aliphatic rings. The molecule has 2 N–H and O–H groups in total. The van der Waals surface area contributed by atoms with Crippen molar-refractivity contribution in [3.05, 3.63) is 99.9 Å². The summed E-state index contributed by atoms with van der Waals surface area (Å²) in [5.41, 5.74) is 6.38. The lowest BCUT2D eigenvalue weighted by Gasteiger charge is -2.22. The average Bonchev–Trinajstić information content (AvgIpc) is 3.20. The van der Waals surface area contributed by atoms with Gasteiger partial charge in [0.15, 0.2) is 6.10 Å². The summed E-state index contributed by atoms with van der Waals surface area (Å²) >= 11 is 1.82. The van der Waals surface area contributed by atoms with Crippen LogP contribution in [-0.2, 0) is 16.0 Å². The fourth-order valence-electron chi connectivity index (χ4n) is 5.21. The molecule has 0 bridgehead atoms. The summed E-state index contributed by atoms with van der Waals surface area (Å²) in [5.74, 6) is -0.914. The number of carboxylic acid groups (broad SMARTS) is 1. The molecule has 0 unspecified atom stereocenters. The Kier molecular flexibility index (Phi) is 7.40. The highest BCUT2D eigenvalue weighted by atomic mass is 32.1. The smallest absolute Gasteiger partial charge is 0.322 e. The van der Waals surface area contributed by atoms with Crippen molar-refractivity contribution in [1.82, 2.24) is 5.32 Å². The Hall–Kier alpha value is -4.16. The molecule has 0 saturated heterocycles. The summed E-state index contributed by atoms with van der Waals surface area (Å²) in [7, 11) is 0. The maximum Gasteiger partial charge on any atom is 0.322 e. The molecule has 1 aromatic heterocycles. The molecule has 6 heteroatoms. The van der Waals surface area contributed by atoms with E-state index in [1.807, 2.05) is 55.5 Å². The van der Waals surface area contributed by atoms with E-state index >= 15 is 0 Å². The van der Waals surface area contributed by atoms with E-state index in [1.165, 1.54) is 36.9 Å². The van der Waals surface area contributed by atoms with Crippen LogP contribution in [0.3, 0.4) is 0 Å². The lowest BCUT2D eigenvalue weighted by molar-refractivity contribution is -0.139. The number of thiophene rings is 1. The zero-order valence-electron chi connectivity index (χ0n) is 22.5. The maximum atomic E-state index is 13.0. The van der Waals surface area contributed by atoms with E-state index in [2.05, 4.69) is 61.6 Å². The Labute approximate surface area is 232 Å². The Bertz CT molecular complexity index is 1680. The van der Waals surface area contributed by atoms with Crippen LogP contribution in [0.15, 0.2) is 72.8 Å². The number of fused-ring (bicyclic) bond motifs is 2. The number of ether oxygens (including phenoxy) is 1. The topological polar surface area (TPSA) is 75.6 Å². The number of carboxylic acids is 1. The van der Waals surface area contributed by atoms with Gasteiger partial charge in [-0.25, -0.2) is 0 Å². The summed E-state index contributed by atoms with van der Waals surface area (Å²) in [6, 6.07) is 24.6. The number of hydrogen-bond donors (Lipinski definition) is 2. The predicted molar refractivity (Wildman–Crippen MR) is 159 cm³/mol. The van der Waals surface area contributed by atoms with E-state index in [0.29, 0.717) is 12.2 Å². The highest BCUT2D eigenvalue weighted by Crippen LogP contribution is 2.44. The second kappa shape index (κ2) is 10.9. The molecule has 1 heterocycles. The van der Waals surface area contributed by atoms with Crippen LogP contribution < -0.4 is 10.1 Å². The fourth-order valence-corrected chi connectivity index (χ4v) is 6.34. The van der Waals surface area contributed by atoms with Gasteiger partial charge in [0.2, 0.25) is 0 Å². The van der Waals surface area contributed by atoms with Crippen LogP contribution in [0.2, 0.25) is 0 Å². The van der Waals surface area contributed by atoms with Crippen LogP contribution in [0.4, 0.5) is 0 Å². The van der Waals surface area contributed by atoms with Gasteiger partial charge in [0, 0.05) is 21.4 Å². The number of carbonyl (C=O) groups excluding carboxylic acids is 1. The van der Waals surface area contributed by atoms with Crippen LogP contribution in [0.25, 0.3) is 32.0 Å². The summed E-state index contributed by atoms with van der Waals surface area (Å²) in [6.07, 6.45) is -0.550. The average molecular weight is 538 g/mol. The summed E-state index contributed by atoms with van der Waals surface area (Å²) in [4.78, 5) is 25.4. The number of carbonyl (C=O) groups is 2. The van der Waals surface area contributed by atoms with Crippen molar-refractivity contribution in [2.45, 2.75) is 40.2 Å².